The number of nitro benzene ring substituents is 2. The Labute approximate surface area is 362 Å². The minimum Gasteiger partial charge on any atom is -0.290 e. The molecule has 0 aliphatic heterocycles. The van der Waals surface area contributed by atoms with Gasteiger partial charge in [0.15, 0.2) is 23.1 Å². The molecule has 0 N–H and O–H groups in total. The third-order valence-electron chi connectivity index (χ3n) is 10.3. The van der Waals surface area contributed by atoms with Crippen LogP contribution in [0.25, 0.3) is 0 Å². The molecule has 2 aromatic carbocycles. The Morgan fingerprint density at radius 1 is 0.565 bits per heavy atom. The number of hydrogen-bond donors (Lipinski definition) is 0. The first kappa shape index (κ1) is 49.6. The van der Waals surface area contributed by atoms with Crippen LogP contribution in [0.5, 0.6) is 0 Å². The fourth-order valence-electron chi connectivity index (χ4n) is 6.64. The SMILES string of the molecule is CC(C)(C)C1=CC=C([N+](=O)[O-])C1.CC(C)(C)c1ccc([N+](=O)[O-])cc1.CC(C)(C)c1ccccc1[N+](=O)[O-].CC1=CC2=C(C1)C(=O)C=CC2=O.CC1=CCC2=C1C(=O)C=CC2=O. The largest absolute Gasteiger partial charge is 0.290 e. The van der Waals surface area contributed by atoms with Gasteiger partial charge in [-0.15, -0.1) is 0 Å². The lowest BCUT2D eigenvalue weighted by Crippen LogP contribution is -2.13. The second-order valence-corrected chi connectivity index (χ2v) is 18.2. The van der Waals surface area contributed by atoms with Crippen molar-refractivity contribution in [2.75, 3.05) is 0 Å². The van der Waals surface area contributed by atoms with E-state index in [0.717, 1.165) is 27.8 Å². The van der Waals surface area contributed by atoms with E-state index < -0.39 is 0 Å². The summed E-state index contributed by atoms with van der Waals surface area (Å²) in [5.41, 5.74) is 8.18. The zero-order valence-electron chi connectivity index (χ0n) is 37.3. The maximum atomic E-state index is 11.3. The molecule has 0 atom stereocenters. The van der Waals surface area contributed by atoms with Crippen LogP contribution in [-0.2, 0) is 30.0 Å². The van der Waals surface area contributed by atoms with Crippen molar-refractivity contribution in [1.82, 2.24) is 0 Å². The Morgan fingerprint density at radius 2 is 1.11 bits per heavy atom. The summed E-state index contributed by atoms with van der Waals surface area (Å²) in [6.07, 6.45) is 14.4. The Hall–Kier alpha value is -6.76. The van der Waals surface area contributed by atoms with Crippen LogP contribution in [0.4, 0.5) is 11.4 Å². The molecule has 0 unspecified atom stereocenters. The molecule has 0 spiro atoms. The molecule has 326 valence electrons. The monoisotopic (exact) mass is 845 g/mol. The van der Waals surface area contributed by atoms with Gasteiger partial charge >= 0.3 is 0 Å². The summed E-state index contributed by atoms with van der Waals surface area (Å²) in [4.78, 5) is 75.4. The number of hydrogen-bond acceptors (Lipinski definition) is 10. The molecule has 13 nitrogen and oxygen atoms in total. The first-order valence-electron chi connectivity index (χ1n) is 20.0. The highest BCUT2D eigenvalue weighted by molar-refractivity contribution is 6.23. The van der Waals surface area contributed by atoms with Gasteiger partial charge in [0.25, 0.3) is 11.4 Å². The number of rotatable bonds is 3. The molecule has 0 fully saturated rings. The molecule has 0 heterocycles. The number of non-ortho nitro benzene ring substituents is 1. The lowest BCUT2D eigenvalue weighted by molar-refractivity contribution is -0.426. The highest BCUT2D eigenvalue weighted by atomic mass is 16.6. The molecule has 7 rings (SSSR count). The third kappa shape index (κ3) is 13.4. The second kappa shape index (κ2) is 20.2. The van der Waals surface area contributed by atoms with E-state index in [4.69, 9.17) is 0 Å². The average Bonchev–Trinajstić information content (AvgIpc) is 3.95. The van der Waals surface area contributed by atoms with Crippen LogP contribution in [0.15, 0.2) is 142 Å². The standard InChI is InChI=1S/2C10H13NO2.2C10H8O2.C9H13NO2/c1-10(2,3)8-4-6-9(7-5-8)11(12)13;1-10(2,3)8-6-4-5-7-9(8)11(12)13;1-6-4-7-8(5-6)10(12)3-2-9(7)11;1-6-2-3-7-8(11)4-5-9(12)10(6)7;1-9(2,3)7-4-5-8(6-7)10(11)12/h2*4-7H,1-3H3;2-4H,5H2,1H3;2,4-5H,3H2,1H3;4-5H,6H2,1-3H3. The Bertz CT molecular complexity index is 2430. The maximum absolute atomic E-state index is 11.3. The molecular weight excluding hydrogens is 791 g/mol. The van der Waals surface area contributed by atoms with Crippen molar-refractivity contribution in [2.24, 2.45) is 5.41 Å². The van der Waals surface area contributed by atoms with Gasteiger partial charge in [-0.05, 0) is 78.4 Å². The Kier molecular flexibility index (Phi) is 16.2. The number of benzene rings is 2. The van der Waals surface area contributed by atoms with Crippen LogP contribution in [0.1, 0.15) is 107 Å². The summed E-state index contributed by atoms with van der Waals surface area (Å²) >= 11 is 0. The Balaban J connectivity index is 0.000000206. The summed E-state index contributed by atoms with van der Waals surface area (Å²) in [6, 6.07) is 13.6. The van der Waals surface area contributed by atoms with Gasteiger partial charge in [0.05, 0.1) is 21.2 Å². The van der Waals surface area contributed by atoms with Gasteiger partial charge in [0.1, 0.15) is 0 Å². The van der Waals surface area contributed by atoms with Crippen LogP contribution >= 0.6 is 0 Å². The van der Waals surface area contributed by atoms with Crippen molar-refractivity contribution < 1.29 is 33.9 Å². The van der Waals surface area contributed by atoms with E-state index in [2.05, 4.69) is 41.5 Å². The van der Waals surface area contributed by atoms with Gasteiger partial charge in [-0.1, -0.05) is 122 Å². The Morgan fingerprint density at radius 3 is 1.55 bits per heavy atom. The average molecular weight is 846 g/mol. The highest BCUT2D eigenvalue weighted by Gasteiger charge is 2.28. The zero-order chi connectivity index (χ0) is 46.9. The first-order valence-corrected chi connectivity index (χ1v) is 20.0. The summed E-state index contributed by atoms with van der Waals surface area (Å²) < 4.78 is 0. The topological polar surface area (TPSA) is 198 Å². The fraction of sp³-hybridized carbons (Fsp3) is 0.347. The molecule has 2 aromatic rings. The minimum atomic E-state index is -0.383. The number of nitro groups is 3. The number of carbonyl (C=O) groups excluding carboxylic acids is 4. The van der Waals surface area contributed by atoms with Crippen molar-refractivity contribution in [3.63, 3.8) is 0 Å². The van der Waals surface area contributed by atoms with E-state index in [0.29, 0.717) is 47.3 Å². The van der Waals surface area contributed by atoms with E-state index >= 15 is 0 Å². The van der Waals surface area contributed by atoms with Gasteiger partial charge in [0.2, 0.25) is 5.70 Å². The first-order chi connectivity index (χ1) is 28.6. The molecule has 0 radical (unpaired) electrons. The lowest BCUT2D eigenvalue weighted by Gasteiger charge is -2.19. The summed E-state index contributed by atoms with van der Waals surface area (Å²) in [5, 5.41) is 31.4. The van der Waals surface area contributed by atoms with Crippen molar-refractivity contribution >= 4 is 34.5 Å². The van der Waals surface area contributed by atoms with E-state index in [9.17, 15) is 49.5 Å². The second-order valence-electron chi connectivity index (χ2n) is 18.2. The lowest BCUT2D eigenvalue weighted by atomic mass is 9.86. The highest BCUT2D eigenvalue weighted by Crippen LogP contribution is 2.35. The quantitative estimate of drug-likeness (QED) is 0.163. The van der Waals surface area contributed by atoms with Gasteiger partial charge in [0, 0.05) is 52.1 Å². The number of nitrogens with zero attached hydrogens (tertiary/aromatic N) is 3. The molecule has 13 heteroatoms. The van der Waals surface area contributed by atoms with Crippen LogP contribution < -0.4 is 0 Å². The van der Waals surface area contributed by atoms with Crippen molar-refractivity contribution in [3.8, 4) is 0 Å². The normalized spacial score (nSPS) is 16.4. The maximum Gasteiger partial charge on any atom is 0.273 e. The van der Waals surface area contributed by atoms with Gasteiger partial charge < -0.3 is 0 Å². The van der Waals surface area contributed by atoms with Crippen molar-refractivity contribution in [1.29, 1.82) is 0 Å². The van der Waals surface area contributed by atoms with E-state index in [1.807, 2.05) is 52.8 Å². The molecule has 0 bridgehead atoms. The van der Waals surface area contributed by atoms with Crippen molar-refractivity contribution in [2.45, 2.75) is 106 Å². The summed E-state index contributed by atoms with van der Waals surface area (Å²) in [7, 11) is 0. The molecule has 0 aromatic heterocycles. The summed E-state index contributed by atoms with van der Waals surface area (Å²) in [5.74, 6) is -0.104. The van der Waals surface area contributed by atoms with E-state index in [1.54, 1.807) is 54.6 Å². The van der Waals surface area contributed by atoms with Crippen LogP contribution in [0.3, 0.4) is 0 Å². The van der Waals surface area contributed by atoms with E-state index in [-0.39, 0.29) is 65.5 Å². The van der Waals surface area contributed by atoms with Crippen LogP contribution in [0, 0.1) is 35.8 Å². The number of para-hydroxylation sites is 1. The number of allylic oxidation sites excluding steroid dienone is 15. The number of carbonyl (C=O) groups is 4. The van der Waals surface area contributed by atoms with Gasteiger partial charge in [-0.25, -0.2) is 0 Å². The minimum absolute atomic E-state index is 0.0160. The third-order valence-corrected chi connectivity index (χ3v) is 10.3. The number of ketones is 4. The summed E-state index contributed by atoms with van der Waals surface area (Å²) in [6.45, 7) is 22.1. The fourth-order valence-corrected chi connectivity index (χ4v) is 6.64. The molecule has 0 saturated heterocycles. The van der Waals surface area contributed by atoms with Gasteiger partial charge in [-0.3, -0.25) is 49.5 Å². The van der Waals surface area contributed by atoms with E-state index in [1.165, 1.54) is 24.3 Å². The molecule has 0 saturated carbocycles. The van der Waals surface area contributed by atoms with Crippen LogP contribution in [0.2, 0.25) is 0 Å². The molecule has 5 aliphatic rings. The van der Waals surface area contributed by atoms with Gasteiger partial charge in [-0.2, -0.15) is 0 Å². The van der Waals surface area contributed by atoms with Crippen molar-refractivity contribution in [3.05, 3.63) is 183 Å². The molecule has 5 aliphatic carbocycles. The smallest absolute Gasteiger partial charge is 0.273 e. The predicted octanol–water partition coefficient (Wildman–Crippen LogP) is 11.0. The molecule has 62 heavy (non-hydrogen) atoms. The molecule has 0 amide bonds. The molecular formula is C49H55N3O10. The van der Waals surface area contributed by atoms with Crippen LogP contribution in [-0.4, -0.2) is 37.9 Å². The zero-order valence-corrected chi connectivity index (χ0v) is 37.3. The predicted molar refractivity (Wildman–Crippen MR) is 240 cm³/mol.